The summed E-state index contributed by atoms with van der Waals surface area (Å²) in [6.07, 6.45) is 4.88. The van der Waals surface area contributed by atoms with E-state index in [4.69, 9.17) is 0 Å². The number of aryl methyl sites for hydroxylation is 2. The molecule has 3 aromatic carbocycles. The molecule has 4 aromatic rings. The van der Waals surface area contributed by atoms with Gasteiger partial charge in [-0.1, -0.05) is 91.8 Å². The zero-order valence-corrected chi connectivity index (χ0v) is 19.3. The minimum Gasteiger partial charge on any atom is -0.296 e. The van der Waals surface area contributed by atoms with Crippen molar-refractivity contribution in [2.24, 2.45) is 0 Å². The van der Waals surface area contributed by atoms with Gasteiger partial charge in [0.15, 0.2) is 0 Å². The second-order valence-electron chi connectivity index (χ2n) is 7.91. The highest BCUT2D eigenvalue weighted by atomic mass is 32.1. The molecule has 1 aromatic heterocycles. The molecule has 4 rings (SSSR count). The van der Waals surface area contributed by atoms with Gasteiger partial charge >= 0.3 is 0 Å². The Morgan fingerprint density at radius 1 is 0.875 bits per heavy atom. The number of nitrogens with zero attached hydrogens (tertiary/aromatic N) is 2. The Bertz CT molecular complexity index is 1180. The van der Waals surface area contributed by atoms with Crippen LogP contribution in [-0.2, 0) is 6.42 Å². The number of nitrogens with one attached hydrogen (secondary N) is 1. The van der Waals surface area contributed by atoms with Gasteiger partial charge in [-0.2, -0.15) is 0 Å². The number of carbonyl (C=O) groups is 1. The van der Waals surface area contributed by atoms with E-state index in [1.165, 1.54) is 36.2 Å². The van der Waals surface area contributed by atoms with Crippen LogP contribution in [0.5, 0.6) is 0 Å². The van der Waals surface area contributed by atoms with Crippen molar-refractivity contribution in [2.45, 2.75) is 39.5 Å². The van der Waals surface area contributed by atoms with E-state index in [9.17, 15) is 4.79 Å². The molecule has 0 saturated carbocycles. The molecule has 0 unspecified atom stereocenters. The summed E-state index contributed by atoms with van der Waals surface area (Å²) in [4.78, 5) is 12.7. The Morgan fingerprint density at radius 3 is 2.25 bits per heavy atom. The summed E-state index contributed by atoms with van der Waals surface area (Å²) in [5.74, 6) is -0.185. The second kappa shape index (κ2) is 10.3. The van der Waals surface area contributed by atoms with E-state index in [-0.39, 0.29) is 5.91 Å². The molecule has 0 aliphatic carbocycles. The quantitative estimate of drug-likeness (QED) is 0.295. The highest BCUT2D eigenvalue weighted by Crippen LogP contribution is 2.29. The first kappa shape index (κ1) is 21.9. The molecule has 32 heavy (non-hydrogen) atoms. The normalized spacial score (nSPS) is 10.8. The maximum absolute atomic E-state index is 12.7. The molecule has 0 aliphatic heterocycles. The van der Waals surface area contributed by atoms with Crippen LogP contribution in [0.4, 0.5) is 5.13 Å². The molecule has 0 spiro atoms. The van der Waals surface area contributed by atoms with Crippen LogP contribution in [0.15, 0.2) is 72.8 Å². The number of carbonyl (C=O) groups excluding carboxylic acids is 1. The molecule has 5 heteroatoms. The summed E-state index contributed by atoms with van der Waals surface area (Å²) >= 11 is 1.38. The van der Waals surface area contributed by atoms with Crippen LogP contribution in [0.25, 0.3) is 21.7 Å². The van der Waals surface area contributed by atoms with Gasteiger partial charge in [0, 0.05) is 11.1 Å². The summed E-state index contributed by atoms with van der Waals surface area (Å²) in [5, 5.41) is 12.5. The average molecular weight is 442 g/mol. The zero-order chi connectivity index (χ0) is 22.3. The zero-order valence-electron chi connectivity index (χ0n) is 18.5. The van der Waals surface area contributed by atoms with E-state index in [1.807, 2.05) is 55.5 Å². The van der Waals surface area contributed by atoms with E-state index < -0.39 is 0 Å². The lowest BCUT2D eigenvalue weighted by Gasteiger charge is -2.06. The van der Waals surface area contributed by atoms with Crippen LogP contribution in [0.2, 0.25) is 0 Å². The Balaban J connectivity index is 1.40. The van der Waals surface area contributed by atoms with E-state index in [2.05, 4.69) is 46.7 Å². The molecule has 0 saturated heterocycles. The molecule has 0 atom stereocenters. The number of amides is 1. The topological polar surface area (TPSA) is 54.9 Å². The minimum absolute atomic E-state index is 0.185. The van der Waals surface area contributed by atoms with Gasteiger partial charge in [-0.25, -0.2) is 0 Å². The Kier molecular flexibility index (Phi) is 7.07. The number of aromatic nitrogens is 2. The highest BCUT2D eigenvalue weighted by Gasteiger charge is 2.12. The van der Waals surface area contributed by atoms with Crippen molar-refractivity contribution in [2.75, 3.05) is 5.32 Å². The first-order valence-electron chi connectivity index (χ1n) is 11.0. The fraction of sp³-hybridized carbons (Fsp3) is 0.222. The number of rotatable bonds is 8. The summed E-state index contributed by atoms with van der Waals surface area (Å²) in [7, 11) is 0. The maximum Gasteiger partial charge on any atom is 0.257 e. The Morgan fingerprint density at radius 2 is 1.56 bits per heavy atom. The number of anilines is 1. The van der Waals surface area contributed by atoms with Crippen LogP contribution in [0, 0.1) is 6.92 Å². The van der Waals surface area contributed by atoms with E-state index >= 15 is 0 Å². The fourth-order valence-corrected chi connectivity index (χ4v) is 4.45. The van der Waals surface area contributed by atoms with Crippen LogP contribution in [0.3, 0.4) is 0 Å². The summed E-state index contributed by atoms with van der Waals surface area (Å²) in [5.41, 5.74) is 6.39. The third kappa shape index (κ3) is 5.29. The lowest BCUT2D eigenvalue weighted by atomic mass is 10.0. The van der Waals surface area contributed by atoms with Crippen molar-refractivity contribution in [1.29, 1.82) is 0 Å². The van der Waals surface area contributed by atoms with Crippen molar-refractivity contribution in [1.82, 2.24) is 10.2 Å². The molecule has 4 nitrogen and oxygen atoms in total. The van der Waals surface area contributed by atoms with Gasteiger partial charge in [0.2, 0.25) is 5.13 Å². The summed E-state index contributed by atoms with van der Waals surface area (Å²) < 4.78 is 0. The highest BCUT2D eigenvalue weighted by molar-refractivity contribution is 7.18. The van der Waals surface area contributed by atoms with Gasteiger partial charge in [-0.3, -0.25) is 10.1 Å². The van der Waals surface area contributed by atoms with Crippen molar-refractivity contribution < 1.29 is 4.79 Å². The van der Waals surface area contributed by atoms with Crippen molar-refractivity contribution in [3.8, 4) is 21.7 Å². The van der Waals surface area contributed by atoms with Crippen LogP contribution < -0.4 is 5.32 Å². The van der Waals surface area contributed by atoms with Gasteiger partial charge in [-0.05, 0) is 54.2 Å². The smallest absolute Gasteiger partial charge is 0.257 e. The molecule has 1 amide bonds. The van der Waals surface area contributed by atoms with Crippen LogP contribution in [-0.4, -0.2) is 16.1 Å². The molecular weight excluding hydrogens is 414 g/mol. The Labute approximate surface area is 193 Å². The van der Waals surface area contributed by atoms with Crippen molar-refractivity contribution >= 4 is 22.4 Å². The SMILES string of the molecule is CCCCCc1ccc(-c2ccc(C(=O)Nc3nnc(-c4ccccc4C)s3)cc2)cc1. The van der Waals surface area contributed by atoms with Gasteiger partial charge < -0.3 is 0 Å². The number of hydrogen-bond acceptors (Lipinski definition) is 4. The molecule has 162 valence electrons. The van der Waals surface area contributed by atoms with Gasteiger partial charge in [0.25, 0.3) is 5.91 Å². The predicted octanol–water partition coefficient (Wildman–Crippen LogP) is 7.17. The molecule has 0 fully saturated rings. The van der Waals surface area contributed by atoms with E-state index in [0.29, 0.717) is 10.7 Å². The van der Waals surface area contributed by atoms with Crippen LogP contribution in [0.1, 0.15) is 47.7 Å². The van der Waals surface area contributed by atoms with E-state index in [0.717, 1.165) is 33.7 Å². The average Bonchev–Trinajstić information content (AvgIpc) is 3.28. The fourth-order valence-electron chi connectivity index (χ4n) is 3.62. The van der Waals surface area contributed by atoms with Gasteiger partial charge in [-0.15, -0.1) is 10.2 Å². The number of unbranched alkanes of at least 4 members (excludes halogenated alkanes) is 2. The van der Waals surface area contributed by atoms with Crippen molar-refractivity contribution in [3.63, 3.8) is 0 Å². The molecule has 0 bridgehead atoms. The number of hydrogen-bond donors (Lipinski definition) is 1. The molecule has 0 radical (unpaired) electrons. The van der Waals surface area contributed by atoms with Gasteiger partial charge in [0.1, 0.15) is 5.01 Å². The maximum atomic E-state index is 12.7. The third-order valence-electron chi connectivity index (χ3n) is 5.52. The van der Waals surface area contributed by atoms with Gasteiger partial charge in [0.05, 0.1) is 0 Å². The second-order valence-corrected chi connectivity index (χ2v) is 8.89. The lowest BCUT2D eigenvalue weighted by Crippen LogP contribution is -2.11. The first-order chi connectivity index (χ1) is 15.6. The Hall–Kier alpha value is -3.31. The van der Waals surface area contributed by atoms with Crippen molar-refractivity contribution in [3.05, 3.63) is 89.5 Å². The predicted molar refractivity (Wildman–Crippen MR) is 133 cm³/mol. The summed E-state index contributed by atoms with van der Waals surface area (Å²) in [6, 6.07) is 24.4. The van der Waals surface area contributed by atoms with E-state index in [1.54, 1.807) is 0 Å². The first-order valence-corrected chi connectivity index (χ1v) is 11.9. The molecular formula is C27H27N3OS. The standard InChI is InChI=1S/C27H27N3OS/c1-3-4-5-9-20-11-13-21(14-12-20)22-15-17-23(18-16-22)25(31)28-27-30-29-26(32-27)24-10-7-6-8-19(24)2/h6-8,10-18H,3-5,9H2,1-2H3,(H,28,30,31). The third-order valence-corrected chi connectivity index (χ3v) is 6.40. The largest absolute Gasteiger partial charge is 0.296 e. The van der Waals surface area contributed by atoms with Crippen LogP contribution >= 0.6 is 11.3 Å². The summed E-state index contributed by atoms with van der Waals surface area (Å²) in [6.45, 7) is 4.26. The molecule has 1 N–H and O–H groups in total. The minimum atomic E-state index is -0.185. The number of benzene rings is 3. The lowest BCUT2D eigenvalue weighted by molar-refractivity contribution is 0.102. The molecule has 1 heterocycles. The molecule has 0 aliphatic rings. The monoisotopic (exact) mass is 441 g/mol.